The zero-order valence-electron chi connectivity index (χ0n) is 13.6. The maximum Gasteiger partial charge on any atom is 0.0639 e. The number of aliphatic hydroxyl groups excluding tert-OH is 3. The molecule has 5 nitrogen and oxygen atoms in total. The third-order valence-electron chi connectivity index (χ3n) is 3.18. The normalized spacial score (nSPS) is 16.6. The molecule has 0 fully saturated rings. The van der Waals surface area contributed by atoms with Gasteiger partial charge in [0.1, 0.15) is 0 Å². The van der Waals surface area contributed by atoms with E-state index >= 15 is 0 Å². The van der Waals surface area contributed by atoms with Gasteiger partial charge in [-0.3, -0.25) is 9.80 Å². The lowest BCUT2D eigenvalue weighted by Crippen LogP contribution is -2.41. The summed E-state index contributed by atoms with van der Waals surface area (Å²) in [6, 6.07) is 0. The summed E-state index contributed by atoms with van der Waals surface area (Å²) in [5.41, 5.74) is 0. The Bertz CT molecular complexity index is 223. The molecule has 0 aliphatic heterocycles. The lowest BCUT2D eigenvalue weighted by atomic mass is 10.2. The van der Waals surface area contributed by atoms with Crippen LogP contribution in [0.25, 0.3) is 0 Å². The molecule has 3 N–H and O–H groups in total. The number of rotatable bonds is 12. The molecule has 0 amide bonds. The molecule has 0 aromatic heterocycles. The minimum absolute atomic E-state index is 0.310. The van der Waals surface area contributed by atoms with Crippen molar-refractivity contribution < 1.29 is 15.3 Å². The van der Waals surface area contributed by atoms with Crippen molar-refractivity contribution in [1.29, 1.82) is 0 Å². The van der Waals surface area contributed by atoms with Gasteiger partial charge < -0.3 is 15.3 Å². The lowest BCUT2D eigenvalue weighted by Gasteiger charge is -2.29. The van der Waals surface area contributed by atoms with E-state index in [9.17, 15) is 15.3 Å². The molecular weight excluding hydrogens is 256 g/mol. The number of hydrogen-bond donors (Lipinski definition) is 3. The van der Waals surface area contributed by atoms with E-state index in [1.165, 1.54) is 0 Å². The van der Waals surface area contributed by atoms with Crippen LogP contribution >= 0.6 is 0 Å². The zero-order chi connectivity index (χ0) is 15.5. The summed E-state index contributed by atoms with van der Waals surface area (Å²) in [5, 5.41) is 28.4. The molecule has 0 saturated carbocycles. The molecule has 3 unspecified atom stereocenters. The van der Waals surface area contributed by atoms with Crippen molar-refractivity contribution in [3.05, 3.63) is 0 Å². The molecule has 0 aliphatic rings. The highest BCUT2D eigenvalue weighted by molar-refractivity contribution is 4.68. The van der Waals surface area contributed by atoms with E-state index in [-0.39, 0.29) is 18.3 Å². The summed E-state index contributed by atoms with van der Waals surface area (Å²) in [5.74, 6) is 0. The van der Waals surface area contributed by atoms with E-state index in [0.717, 1.165) is 39.0 Å². The Hall–Kier alpha value is -0.200. The molecule has 3 atom stereocenters. The molecular formula is C15H34N2O3. The molecule has 5 heteroatoms. The number of hydrogen-bond acceptors (Lipinski definition) is 5. The van der Waals surface area contributed by atoms with Gasteiger partial charge in [0, 0.05) is 32.7 Å². The third-order valence-corrected chi connectivity index (χ3v) is 3.18. The van der Waals surface area contributed by atoms with E-state index < -0.39 is 0 Å². The quantitative estimate of drug-likeness (QED) is 0.489. The van der Waals surface area contributed by atoms with Crippen molar-refractivity contribution >= 4 is 0 Å². The van der Waals surface area contributed by atoms with Gasteiger partial charge in [0.25, 0.3) is 0 Å². The molecule has 122 valence electrons. The second-order valence-corrected chi connectivity index (χ2v) is 5.94. The van der Waals surface area contributed by atoms with Crippen LogP contribution < -0.4 is 0 Å². The van der Waals surface area contributed by atoms with Crippen LogP contribution in [-0.4, -0.2) is 82.7 Å². The van der Waals surface area contributed by atoms with Gasteiger partial charge in [-0.2, -0.15) is 0 Å². The fraction of sp³-hybridized carbons (Fsp3) is 1.00. The van der Waals surface area contributed by atoms with Crippen LogP contribution in [0.15, 0.2) is 0 Å². The van der Waals surface area contributed by atoms with Crippen LogP contribution in [0.5, 0.6) is 0 Å². The van der Waals surface area contributed by atoms with Crippen molar-refractivity contribution in [2.75, 3.05) is 39.3 Å². The minimum Gasteiger partial charge on any atom is -0.393 e. The zero-order valence-corrected chi connectivity index (χ0v) is 13.6. The average Bonchev–Trinajstić information content (AvgIpc) is 2.31. The Morgan fingerprint density at radius 3 is 1.50 bits per heavy atom. The van der Waals surface area contributed by atoms with E-state index in [1.54, 1.807) is 13.8 Å². The van der Waals surface area contributed by atoms with Crippen LogP contribution in [0.4, 0.5) is 0 Å². The summed E-state index contributed by atoms with van der Waals surface area (Å²) in [4.78, 5) is 4.43. The van der Waals surface area contributed by atoms with Crippen molar-refractivity contribution in [3.8, 4) is 0 Å². The Labute approximate surface area is 124 Å². The number of nitrogens with zero attached hydrogens (tertiary/aromatic N) is 2. The highest BCUT2D eigenvalue weighted by atomic mass is 16.3. The first-order valence-corrected chi connectivity index (χ1v) is 7.84. The molecule has 0 heterocycles. The molecule has 0 aromatic rings. The first kappa shape index (κ1) is 19.8. The van der Waals surface area contributed by atoms with Gasteiger partial charge in [0.05, 0.1) is 18.3 Å². The predicted octanol–water partition coefficient (Wildman–Crippen LogP) is 0.533. The molecule has 0 radical (unpaired) electrons. The smallest absolute Gasteiger partial charge is 0.0639 e. The first-order valence-electron chi connectivity index (χ1n) is 7.84. The summed E-state index contributed by atoms with van der Waals surface area (Å²) < 4.78 is 0. The van der Waals surface area contributed by atoms with E-state index in [0.29, 0.717) is 13.1 Å². The maximum atomic E-state index is 9.54. The summed E-state index contributed by atoms with van der Waals surface area (Å²) in [6.07, 6.45) is 0.800. The molecule has 0 aromatic carbocycles. The van der Waals surface area contributed by atoms with Gasteiger partial charge in [-0.15, -0.1) is 0 Å². The Morgan fingerprint density at radius 2 is 1.15 bits per heavy atom. The Morgan fingerprint density at radius 1 is 0.700 bits per heavy atom. The molecule has 0 saturated heterocycles. The van der Waals surface area contributed by atoms with Crippen LogP contribution in [-0.2, 0) is 0 Å². The maximum absolute atomic E-state index is 9.54. The highest BCUT2D eigenvalue weighted by Gasteiger charge is 2.13. The lowest BCUT2D eigenvalue weighted by molar-refractivity contribution is 0.0863. The third kappa shape index (κ3) is 11.6. The van der Waals surface area contributed by atoms with E-state index in [4.69, 9.17) is 0 Å². The minimum atomic E-state index is -0.361. The van der Waals surface area contributed by atoms with Gasteiger partial charge in [-0.05, 0) is 40.2 Å². The SMILES string of the molecule is CCCN(CCN(CCC(C)O)CC(C)O)CC(C)O. The highest BCUT2D eigenvalue weighted by Crippen LogP contribution is 2.01. The van der Waals surface area contributed by atoms with Gasteiger partial charge in [0.15, 0.2) is 0 Å². The molecule has 0 spiro atoms. The van der Waals surface area contributed by atoms with Gasteiger partial charge in [0.2, 0.25) is 0 Å². The monoisotopic (exact) mass is 290 g/mol. The molecule has 20 heavy (non-hydrogen) atoms. The average molecular weight is 290 g/mol. The van der Waals surface area contributed by atoms with Gasteiger partial charge in [-0.1, -0.05) is 6.92 Å². The fourth-order valence-corrected chi connectivity index (χ4v) is 2.30. The standard InChI is InChI=1S/C15H34N2O3/c1-5-7-16(11-14(3)19)9-10-17(12-15(4)20)8-6-13(2)18/h13-15,18-20H,5-12H2,1-4H3. The summed E-state index contributed by atoms with van der Waals surface area (Å²) in [7, 11) is 0. The predicted molar refractivity (Wildman–Crippen MR) is 82.8 cm³/mol. The second-order valence-electron chi connectivity index (χ2n) is 5.94. The van der Waals surface area contributed by atoms with E-state index in [2.05, 4.69) is 16.7 Å². The van der Waals surface area contributed by atoms with E-state index in [1.807, 2.05) is 6.92 Å². The topological polar surface area (TPSA) is 67.2 Å². The largest absolute Gasteiger partial charge is 0.393 e. The molecule has 0 rings (SSSR count). The molecule has 0 bridgehead atoms. The van der Waals surface area contributed by atoms with Gasteiger partial charge in [-0.25, -0.2) is 0 Å². The second kappa shape index (κ2) is 11.5. The first-order chi connectivity index (χ1) is 9.35. The number of aliphatic hydroxyl groups is 3. The van der Waals surface area contributed by atoms with Crippen molar-refractivity contribution in [2.24, 2.45) is 0 Å². The fourth-order valence-electron chi connectivity index (χ4n) is 2.30. The summed E-state index contributed by atoms with van der Waals surface area (Å²) in [6.45, 7) is 12.3. The van der Waals surface area contributed by atoms with Crippen molar-refractivity contribution in [1.82, 2.24) is 9.80 Å². The Kier molecular flexibility index (Phi) is 11.3. The van der Waals surface area contributed by atoms with Crippen molar-refractivity contribution in [3.63, 3.8) is 0 Å². The van der Waals surface area contributed by atoms with Crippen molar-refractivity contribution in [2.45, 2.75) is 58.8 Å². The van der Waals surface area contributed by atoms with Gasteiger partial charge >= 0.3 is 0 Å². The van der Waals surface area contributed by atoms with Crippen LogP contribution in [0, 0.1) is 0 Å². The molecule has 0 aliphatic carbocycles. The van der Waals surface area contributed by atoms with Crippen LogP contribution in [0.3, 0.4) is 0 Å². The Balaban J connectivity index is 4.23. The van der Waals surface area contributed by atoms with Crippen LogP contribution in [0.2, 0.25) is 0 Å². The van der Waals surface area contributed by atoms with Crippen LogP contribution in [0.1, 0.15) is 40.5 Å². The summed E-state index contributed by atoms with van der Waals surface area (Å²) >= 11 is 0.